The largest absolute Gasteiger partial charge is 0.508 e. The Bertz CT molecular complexity index is 848. The lowest BCUT2D eigenvalue weighted by Crippen LogP contribution is -2.29. The van der Waals surface area contributed by atoms with Gasteiger partial charge in [0.05, 0.1) is 12.3 Å². The molecule has 0 saturated carbocycles. The third-order valence-electron chi connectivity index (χ3n) is 3.48. The molecular formula is C20H22N2O6. The number of hydrogen-bond donors (Lipinski definition) is 2. The van der Waals surface area contributed by atoms with Crippen LogP contribution in [0.4, 0.5) is 11.4 Å². The van der Waals surface area contributed by atoms with Gasteiger partial charge in [0.2, 0.25) is 0 Å². The van der Waals surface area contributed by atoms with Crippen molar-refractivity contribution >= 4 is 17.3 Å². The molecule has 0 aliphatic heterocycles. The molecule has 0 amide bonds. The number of benzene rings is 2. The Morgan fingerprint density at radius 3 is 2.43 bits per heavy atom. The van der Waals surface area contributed by atoms with Crippen molar-refractivity contribution in [1.29, 1.82) is 0 Å². The van der Waals surface area contributed by atoms with Gasteiger partial charge < -0.3 is 24.4 Å². The number of methoxy groups -OCH3 is 1. The molecule has 1 atom stereocenters. The fourth-order valence-corrected chi connectivity index (χ4v) is 2.06. The minimum absolute atomic E-state index is 0.0568. The molecule has 0 saturated heterocycles. The topological polar surface area (TPSA) is 110 Å². The number of carbonyl (C=O) groups is 1. The summed E-state index contributed by atoms with van der Waals surface area (Å²) in [7, 11) is 1.51. The minimum atomic E-state index is -0.564. The number of esters is 1. The first-order chi connectivity index (χ1) is 13.4. The van der Waals surface area contributed by atoms with Crippen LogP contribution in [0.1, 0.15) is 6.92 Å². The molecular weight excluding hydrogens is 364 g/mol. The van der Waals surface area contributed by atoms with Gasteiger partial charge in [-0.3, -0.25) is 0 Å². The van der Waals surface area contributed by atoms with Gasteiger partial charge in [-0.05, 0) is 43.3 Å². The Balaban J connectivity index is 1.94. The van der Waals surface area contributed by atoms with Crippen LogP contribution in [-0.4, -0.2) is 42.6 Å². The summed E-state index contributed by atoms with van der Waals surface area (Å²) in [6, 6.07) is 10.8. The lowest BCUT2D eigenvalue weighted by Gasteiger charge is -2.17. The van der Waals surface area contributed by atoms with E-state index in [9.17, 15) is 15.0 Å². The maximum atomic E-state index is 11.6. The summed E-state index contributed by atoms with van der Waals surface area (Å²) in [5.41, 5.74) is 1.08. The molecule has 0 aliphatic carbocycles. The lowest BCUT2D eigenvalue weighted by molar-refractivity contribution is -0.148. The van der Waals surface area contributed by atoms with Crippen molar-refractivity contribution in [2.24, 2.45) is 10.2 Å². The van der Waals surface area contributed by atoms with Crippen molar-refractivity contribution in [2.75, 3.05) is 20.3 Å². The van der Waals surface area contributed by atoms with Crippen LogP contribution in [0, 0.1) is 0 Å². The average molecular weight is 386 g/mol. The smallest absolute Gasteiger partial charge is 0.333 e. The third kappa shape index (κ3) is 6.40. The molecule has 1 unspecified atom stereocenters. The zero-order valence-corrected chi connectivity index (χ0v) is 15.7. The Kier molecular flexibility index (Phi) is 7.53. The summed E-state index contributed by atoms with van der Waals surface area (Å²) in [6.07, 6.45) is -0.564. The van der Waals surface area contributed by atoms with E-state index in [1.807, 2.05) is 0 Å². The fourth-order valence-electron chi connectivity index (χ4n) is 2.06. The number of aromatic hydroxyl groups is 2. The molecule has 0 bridgehead atoms. The zero-order chi connectivity index (χ0) is 20.5. The van der Waals surface area contributed by atoms with Crippen molar-refractivity contribution in [3.63, 3.8) is 0 Å². The number of ether oxygens (including phenoxy) is 3. The van der Waals surface area contributed by atoms with Crippen LogP contribution < -0.4 is 4.74 Å². The summed E-state index contributed by atoms with van der Waals surface area (Å²) >= 11 is 0. The first-order valence-electron chi connectivity index (χ1n) is 8.41. The van der Waals surface area contributed by atoms with Crippen LogP contribution in [0.15, 0.2) is 64.8 Å². The van der Waals surface area contributed by atoms with E-state index in [4.69, 9.17) is 14.2 Å². The van der Waals surface area contributed by atoms with Crippen molar-refractivity contribution in [1.82, 2.24) is 0 Å². The number of rotatable bonds is 9. The van der Waals surface area contributed by atoms with Crippen molar-refractivity contribution in [2.45, 2.75) is 13.0 Å². The summed E-state index contributed by atoms with van der Waals surface area (Å²) in [5.74, 6) is -0.173. The highest BCUT2D eigenvalue weighted by Crippen LogP contribution is 2.31. The highest BCUT2D eigenvalue weighted by atomic mass is 16.6. The van der Waals surface area contributed by atoms with Gasteiger partial charge in [0.1, 0.15) is 29.5 Å². The van der Waals surface area contributed by atoms with Gasteiger partial charge in [-0.25, -0.2) is 4.79 Å². The number of phenols is 2. The second-order valence-electron chi connectivity index (χ2n) is 5.94. The van der Waals surface area contributed by atoms with Crippen LogP contribution in [0.25, 0.3) is 0 Å². The lowest BCUT2D eigenvalue weighted by atomic mass is 10.3. The van der Waals surface area contributed by atoms with Gasteiger partial charge in [0.25, 0.3) is 0 Å². The van der Waals surface area contributed by atoms with Crippen LogP contribution in [-0.2, 0) is 14.3 Å². The summed E-state index contributed by atoms with van der Waals surface area (Å²) in [5, 5.41) is 26.9. The van der Waals surface area contributed by atoms with Crippen LogP contribution in [0.2, 0.25) is 0 Å². The normalized spacial score (nSPS) is 11.9. The summed E-state index contributed by atoms with van der Waals surface area (Å²) in [4.78, 5) is 11.6. The molecule has 0 aliphatic rings. The van der Waals surface area contributed by atoms with E-state index in [2.05, 4.69) is 16.8 Å². The van der Waals surface area contributed by atoms with Gasteiger partial charge in [-0.2, -0.15) is 5.11 Å². The Morgan fingerprint density at radius 2 is 1.82 bits per heavy atom. The molecule has 0 spiro atoms. The van der Waals surface area contributed by atoms with Gasteiger partial charge in [-0.1, -0.05) is 6.58 Å². The highest BCUT2D eigenvalue weighted by Gasteiger charge is 2.16. The third-order valence-corrected chi connectivity index (χ3v) is 3.48. The molecule has 0 fully saturated rings. The molecule has 2 aromatic carbocycles. The molecule has 2 N–H and O–H groups in total. The standard InChI is InChI=1S/C20H22N2O6/c1-13(2)20(25)28-17(11-26-3)12-27-16-7-4-14(5-8-16)21-22-18-9-6-15(23)10-19(18)24/h4-10,17,23-24H,1,11-12H2,2-3H3. The summed E-state index contributed by atoms with van der Waals surface area (Å²) < 4.78 is 15.9. The predicted molar refractivity (Wildman–Crippen MR) is 102 cm³/mol. The number of carbonyl (C=O) groups excluding carboxylic acids is 1. The first-order valence-corrected chi connectivity index (χ1v) is 8.41. The molecule has 8 nitrogen and oxygen atoms in total. The van der Waals surface area contributed by atoms with E-state index in [1.165, 1.54) is 25.3 Å². The molecule has 148 valence electrons. The molecule has 0 radical (unpaired) electrons. The molecule has 8 heteroatoms. The Labute approximate surface area is 162 Å². The maximum Gasteiger partial charge on any atom is 0.333 e. The van der Waals surface area contributed by atoms with Crippen molar-refractivity contribution in [3.8, 4) is 17.2 Å². The minimum Gasteiger partial charge on any atom is -0.508 e. The monoisotopic (exact) mass is 386 g/mol. The van der Waals surface area contributed by atoms with Crippen molar-refractivity contribution < 1.29 is 29.2 Å². The molecule has 0 heterocycles. The van der Waals surface area contributed by atoms with Crippen LogP contribution in [0.3, 0.4) is 0 Å². The van der Waals surface area contributed by atoms with E-state index in [1.54, 1.807) is 31.2 Å². The van der Waals surface area contributed by atoms with Gasteiger partial charge in [0.15, 0.2) is 6.10 Å². The predicted octanol–water partition coefficient (Wildman–Crippen LogP) is 4.03. The van der Waals surface area contributed by atoms with E-state index in [0.29, 0.717) is 17.0 Å². The van der Waals surface area contributed by atoms with Crippen LogP contribution >= 0.6 is 0 Å². The molecule has 2 aromatic rings. The molecule has 2 rings (SSSR count). The highest BCUT2D eigenvalue weighted by molar-refractivity contribution is 5.87. The number of hydrogen-bond acceptors (Lipinski definition) is 8. The SMILES string of the molecule is C=C(C)C(=O)OC(COC)COc1ccc(N=Nc2ccc(O)cc2O)cc1. The average Bonchev–Trinajstić information content (AvgIpc) is 2.66. The van der Waals surface area contributed by atoms with Crippen molar-refractivity contribution in [3.05, 3.63) is 54.6 Å². The first kappa shape index (κ1) is 20.9. The van der Waals surface area contributed by atoms with Gasteiger partial charge in [0, 0.05) is 18.7 Å². The van der Waals surface area contributed by atoms with E-state index < -0.39 is 12.1 Å². The number of phenolic OH excluding ortho intramolecular Hbond substituents is 2. The van der Waals surface area contributed by atoms with Gasteiger partial charge >= 0.3 is 5.97 Å². The molecule has 0 aromatic heterocycles. The van der Waals surface area contributed by atoms with E-state index in [-0.39, 0.29) is 30.4 Å². The molecule has 28 heavy (non-hydrogen) atoms. The second kappa shape index (κ2) is 10.1. The maximum absolute atomic E-state index is 11.6. The second-order valence-corrected chi connectivity index (χ2v) is 5.94. The Morgan fingerprint density at radius 1 is 1.11 bits per heavy atom. The van der Waals surface area contributed by atoms with E-state index in [0.717, 1.165) is 0 Å². The fraction of sp³-hybridized carbons (Fsp3) is 0.250. The number of nitrogens with zero attached hydrogens (tertiary/aromatic N) is 2. The zero-order valence-electron chi connectivity index (χ0n) is 15.7. The van der Waals surface area contributed by atoms with Crippen LogP contribution in [0.5, 0.6) is 17.2 Å². The van der Waals surface area contributed by atoms with E-state index >= 15 is 0 Å². The summed E-state index contributed by atoms with van der Waals surface area (Å²) in [6.45, 7) is 5.43. The number of azo groups is 1. The quantitative estimate of drug-likeness (QED) is 0.382. The Hall–Kier alpha value is -3.39. The van der Waals surface area contributed by atoms with Gasteiger partial charge in [-0.15, -0.1) is 5.11 Å².